The summed E-state index contributed by atoms with van der Waals surface area (Å²) in [6.45, 7) is 11.9. The fraction of sp³-hybridized carbons (Fsp3) is 0.684. The van der Waals surface area contributed by atoms with E-state index in [1.807, 2.05) is 13.8 Å². The number of hydrogen-bond donors (Lipinski definition) is 0. The summed E-state index contributed by atoms with van der Waals surface area (Å²) in [6.07, 6.45) is 4.03. The van der Waals surface area contributed by atoms with E-state index >= 15 is 0 Å². The summed E-state index contributed by atoms with van der Waals surface area (Å²) in [5.74, 6) is 1.69. The highest BCUT2D eigenvalue weighted by Gasteiger charge is 2.35. The number of benzene rings is 1. The van der Waals surface area contributed by atoms with Crippen LogP contribution in [-0.2, 0) is 16.8 Å². The summed E-state index contributed by atoms with van der Waals surface area (Å²) in [7, 11) is 1.75. The van der Waals surface area contributed by atoms with Crippen molar-refractivity contribution in [2.24, 2.45) is 11.8 Å². The lowest BCUT2D eigenvalue weighted by Crippen LogP contribution is -2.32. The van der Waals surface area contributed by atoms with E-state index in [-0.39, 0.29) is 0 Å². The molecule has 1 fully saturated rings. The number of rotatable bonds is 3. The zero-order valence-corrected chi connectivity index (χ0v) is 14.2. The Bertz CT molecular complexity index is 369. The zero-order valence-electron chi connectivity index (χ0n) is 14.2. The van der Waals surface area contributed by atoms with Crippen LogP contribution in [0.15, 0.2) is 24.3 Å². The van der Waals surface area contributed by atoms with Gasteiger partial charge in [-0.2, -0.15) is 0 Å². The smallest absolute Gasteiger partial charge is 0.0713 e. The average Bonchev–Trinajstić information content (AvgIpc) is 2.40. The molecule has 0 bridgehead atoms. The molecule has 0 amide bonds. The third-order valence-corrected chi connectivity index (χ3v) is 4.36. The van der Waals surface area contributed by atoms with E-state index in [1.54, 1.807) is 7.11 Å². The molecular weight excluding hydrogens is 244 g/mol. The van der Waals surface area contributed by atoms with Gasteiger partial charge in [-0.3, -0.25) is 0 Å². The molecule has 1 aliphatic rings. The molecule has 20 heavy (non-hydrogen) atoms. The van der Waals surface area contributed by atoms with Gasteiger partial charge < -0.3 is 4.74 Å². The maximum Gasteiger partial charge on any atom is 0.0713 e. The summed E-state index contributed by atoms with van der Waals surface area (Å²) in [5, 5.41) is 0. The normalized spacial score (nSPS) is 29.5. The molecule has 0 spiro atoms. The van der Waals surface area contributed by atoms with E-state index in [1.165, 1.54) is 30.4 Å². The van der Waals surface area contributed by atoms with Crippen molar-refractivity contribution in [3.8, 4) is 0 Å². The molecule has 1 aromatic carbocycles. The molecule has 0 saturated heterocycles. The number of methoxy groups -OCH3 is 1. The van der Waals surface area contributed by atoms with Crippen LogP contribution < -0.4 is 0 Å². The second-order valence-corrected chi connectivity index (χ2v) is 6.54. The highest BCUT2D eigenvalue weighted by molar-refractivity contribution is 5.29. The van der Waals surface area contributed by atoms with E-state index in [9.17, 15) is 0 Å². The molecule has 1 aromatic rings. The van der Waals surface area contributed by atoms with Gasteiger partial charge in [0, 0.05) is 7.11 Å². The molecule has 2 rings (SSSR count). The third kappa shape index (κ3) is 4.34. The maximum atomic E-state index is 5.17. The Labute approximate surface area is 125 Å². The molecule has 3 atom stereocenters. The van der Waals surface area contributed by atoms with E-state index in [0.717, 1.165) is 11.8 Å². The first-order valence-corrected chi connectivity index (χ1v) is 8.12. The standard InChI is InChI=1S/C17H26O.C2H6/c1-13-9-14(2)11-17(3,10-13)16-7-5-15(6-8-16)12-18-4;1-2/h5-8,13-14H,9-12H2,1-4H3;1-2H3/t13-,14?,17?;/m0./s1. The van der Waals surface area contributed by atoms with Crippen LogP contribution >= 0.6 is 0 Å². The summed E-state index contributed by atoms with van der Waals surface area (Å²) in [6, 6.07) is 9.04. The summed E-state index contributed by atoms with van der Waals surface area (Å²) >= 11 is 0. The van der Waals surface area contributed by atoms with E-state index in [4.69, 9.17) is 4.74 Å². The van der Waals surface area contributed by atoms with Gasteiger partial charge in [-0.1, -0.05) is 58.9 Å². The quantitative estimate of drug-likeness (QED) is 0.701. The van der Waals surface area contributed by atoms with Crippen LogP contribution in [0.5, 0.6) is 0 Å². The van der Waals surface area contributed by atoms with E-state index in [2.05, 4.69) is 45.0 Å². The first kappa shape index (κ1) is 17.2. The monoisotopic (exact) mass is 276 g/mol. The molecule has 1 aliphatic carbocycles. The molecule has 1 heteroatoms. The zero-order chi connectivity index (χ0) is 15.2. The third-order valence-electron chi connectivity index (χ3n) is 4.36. The van der Waals surface area contributed by atoms with Crippen molar-refractivity contribution in [1.82, 2.24) is 0 Å². The molecule has 0 radical (unpaired) electrons. The minimum Gasteiger partial charge on any atom is -0.380 e. The number of hydrogen-bond acceptors (Lipinski definition) is 1. The van der Waals surface area contributed by atoms with Gasteiger partial charge in [0.05, 0.1) is 6.61 Å². The Morgan fingerprint density at radius 3 is 2.00 bits per heavy atom. The van der Waals surface area contributed by atoms with Gasteiger partial charge in [0.1, 0.15) is 0 Å². The molecule has 1 nitrogen and oxygen atoms in total. The van der Waals surface area contributed by atoms with Gasteiger partial charge >= 0.3 is 0 Å². The molecule has 1 saturated carbocycles. The summed E-state index contributed by atoms with van der Waals surface area (Å²) in [5.41, 5.74) is 3.13. The lowest BCUT2D eigenvalue weighted by atomic mass is 9.64. The van der Waals surface area contributed by atoms with Crippen LogP contribution in [0.4, 0.5) is 0 Å². The molecule has 114 valence electrons. The Hall–Kier alpha value is -0.820. The van der Waals surface area contributed by atoms with Crippen molar-refractivity contribution in [3.63, 3.8) is 0 Å². The Balaban J connectivity index is 0.000000956. The van der Waals surface area contributed by atoms with Crippen LogP contribution in [-0.4, -0.2) is 7.11 Å². The fourth-order valence-electron chi connectivity index (χ4n) is 3.88. The lowest BCUT2D eigenvalue weighted by molar-refractivity contribution is 0.184. The van der Waals surface area contributed by atoms with Gasteiger partial charge in [-0.05, 0) is 47.6 Å². The summed E-state index contributed by atoms with van der Waals surface area (Å²) in [4.78, 5) is 0. The Morgan fingerprint density at radius 1 is 1.05 bits per heavy atom. The molecule has 0 heterocycles. The number of ether oxygens (including phenoxy) is 1. The second-order valence-electron chi connectivity index (χ2n) is 6.54. The molecular formula is C19H32O. The van der Waals surface area contributed by atoms with Crippen LogP contribution in [0.25, 0.3) is 0 Å². The van der Waals surface area contributed by atoms with Gasteiger partial charge in [-0.15, -0.1) is 0 Å². The molecule has 2 unspecified atom stereocenters. The fourth-order valence-corrected chi connectivity index (χ4v) is 3.88. The summed E-state index contributed by atoms with van der Waals surface area (Å²) < 4.78 is 5.17. The minimum atomic E-state index is 0.364. The minimum absolute atomic E-state index is 0.364. The first-order chi connectivity index (χ1) is 9.53. The maximum absolute atomic E-state index is 5.17. The lowest BCUT2D eigenvalue weighted by Gasteiger charge is -2.41. The van der Waals surface area contributed by atoms with Crippen LogP contribution in [0.2, 0.25) is 0 Å². The van der Waals surface area contributed by atoms with Gasteiger partial charge in [0.2, 0.25) is 0 Å². The van der Waals surface area contributed by atoms with Crippen LogP contribution in [0, 0.1) is 11.8 Å². The van der Waals surface area contributed by atoms with Gasteiger partial charge in [0.15, 0.2) is 0 Å². The van der Waals surface area contributed by atoms with Gasteiger partial charge in [0.25, 0.3) is 0 Å². The van der Waals surface area contributed by atoms with Crippen LogP contribution in [0.1, 0.15) is 65.0 Å². The average molecular weight is 276 g/mol. The molecule has 0 aromatic heterocycles. The van der Waals surface area contributed by atoms with Gasteiger partial charge in [-0.25, -0.2) is 0 Å². The van der Waals surface area contributed by atoms with E-state index < -0.39 is 0 Å². The Morgan fingerprint density at radius 2 is 1.55 bits per heavy atom. The van der Waals surface area contributed by atoms with Crippen molar-refractivity contribution < 1.29 is 4.74 Å². The van der Waals surface area contributed by atoms with Crippen molar-refractivity contribution in [3.05, 3.63) is 35.4 Å². The SMILES string of the molecule is CC.COCc1ccc(C2(C)CC(C)C[C@H](C)C2)cc1. The van der Waals surface area contributed by atoms with Crippen LogP contribution in [0.3, 0.4) is 0 Å². The van der Waals surface area contributed by atoms with Crippen molar-refractivity contribution >= 4 is 0 Å². The topological polar surface area (TPSA) is 9.23 Å². The second kappa shape index (κ2) is 7.83. The predicted octanol–water partition coefficient (Wildman–Crippen LogP) is 5.57. The highest BCUT2D eigenvalue weighted by Crippen LogP contribution is 2.44. The van der Waals surface area contributed by atoms with Crippen molar-refractivity contribution in [2.75, 3.05) is 7.11 Å². The van der Waals surface area contributed by atoms with Crippen molar-refractivity contribution in [1.29, 1.82) is 0 Å². The molecule has 0 aliphatic heterocycles. The van der Waals surface area contributed by atoms with E-state index in [0.29, 0.717) is 12.0 Å². The molecule has 0 N–H and O–H groups in total. The van der Waals surface area contributed by atoms with Crippen molar-refractivity contribution in [2.45, 2.75) is 65.9 Å². The first-order valence-electron chi connectivity index (χ1n) is 8.12. The highest BCUT2D eigenvalue weighted by atomic mass is 16.5. The predicted molar refractivity (Wildman–Crippen MR) is 88.0 cm³/mol. The largest absolute Gasteiger partial charge is 0.380 e. The Kier molecular flexibility index (Phi) is 6.75.